The van der Waals surface area contributed by atoms with E-state index in [0.29, 0.717) is 24.3 Å². The highest BCUT2D eigenvalue weighted by atomic mass is 19.4. The van der Waals surface area contributed by atoms with E-state index in [-0.39, 0.29) is 0 Å². The fourth-order valence-corrected chi connectivity index (χ4v) is 4.03. The summed E-state index contributed by atoms with van der Waals surface area (Å²) in [5.74, 6) is 0. The molecule has 0 radical (unpaired) electrons. The third-order valence-corrected chi connectivity index (χ3v) is 5.74. The van der Waals surface area contributed by atoms with Crippen molar-refractivity contribution in [2.24, 2.45) is 0 Å². The molecule has 5 aromatic rings. The van der Waals surface area contributed by atoms with Gasteiger partial charge in [0, 0.05) is 48.8 Å². The summed E-state index contributed by atoms with van der Waals surface area (Å²) in [4.78, 5) is 15.6. The number of alkyl halides is 3. The van der Waals surface area contributed by atoms with Crippen LogP contribution in [-0.2, 0) is 19.3 Å². The Kier molecular flexibility index (Phi) is 6.14. The molecule has 0 bridgehead atoms. The molecule has 0 aliphatic carbocycles. The topological polar surface area (TPSA) is 41.9 Å². The normalized spacial score (nSPS) is 11.5. The quantitative estimate of drug-likeness (QED) is 0.270. The Morgan fingerprint density at radius 1 is 0.686 bits per heavy atom. The zero-order valence-electron chi connectivity index (χ0n) is 18.7. The van der Waals surface area contributed by atoms with Crippen LogP contribution in [0.15, 0.2) is 104 Å². The lowest BCUT2D eigenvalue weighted by atomic mass is 10.1. The van der Waals surface area contributed by atoms with Gasteiger partial charge in [0.05, 0.1) is 22.5 Å². The number of anilines is 1. The Hall–Kier alpha value is -4.26. The molecule has 0 unspecified atom stereocenters. The van der Waals surface area contributed by atoms with Gasteiger partial charge in [-0.1, -0.05) is 42.5 Å². The van der Waals surface area contributed by atoms with E-state index in [0.717, 1.165) is 39.8 Å². The summed E-state index contributed by atoms with van der Waals surface area (Å²) < 4.78 is 39.0. The van der Waals surface area contributed by atoms with E-state index in [1.807, 2.05) is 67.0 Å². The van der Waals surface area contributed by atoms with Crippen molar-refractivity contribution in [2.75, 3.05) is 4.90 Å². The Morgan fingerprint density at radius 2 is 1.34 bits per heavy atom. The van der Waals surface area contributed by atoms with Crippen LogP contribution in [0.2, 0.25) is 0 Å². The lowest BCUT2D eigenvalue weighted by Crippen LogP contribution is -2.22. The molecule has 3 aromatic heterocycles. The fourth-order valence-electron chi connectivity index (χ4n) is 4.03. The highest BCUT2D eigenvalue weighted by molar-refractivity contribution is 5.92. The average Bonchev–Trinajstić information content (AvgIpc) is 2.88. The first kappa shape index (κ1) is 22.5. The van der Waals surface area contributed by atoms with Crippen LogP contribution < -0.4 is 4.90 Å². The maximum Gasteiger partial charge on any atom is 0.416 e. The van der Waals surface area contributed by atoms with E-state index in [4.69, 9.17) is 4.98 Å². The number of aromatic nitrogens is 3. The molecule has 4 nitrogen and oxygen atoms in total. The van der Waals surface area contributed by atoms with Crippen molar-refractivity contribution < 1.29 is 13.2 Å². The number of nitrogens with zero attached hydrogens (tertiary/aromatic N) is 4. The fraction of sp³-hybridized carbons (Fsp3) is 0.107. The minimum Gasteiger partial charge on any atom is -0.361 e. The standard InChI is InChI=1S/C28H21F3N4/c29-28(30,31)24-11-8-22(9-12-24)25-13-10-23-6-1-7-26(27(23)34-25)35(18-20-4-2-14-32-16-20)19-21-5-3-15-33-17-21/h1-17H,18-19H2. The molecule has 0 spiro atoms. The molecule has 5 rings (SSSR count). The Labute approximate surface area is 200 Å². The second kappa shape index (κ2) is 9.54. The summed E-state index contributed by atoms with van der Waals surface area (Å²) in [5.41, 5.74) is 4.35. The molecule has 0 aliphatic heterocycles. The largest absolute Gasteiger partial charge is 0.416 e. The minimum absolute atomic E-state index is 0.605. The van der Waals surface area contributed by atoms with Crippen molar-refractivity contribution >= 4 is 16.6 Å². The van der Waals surface area contributed by atoms with Gasteiger partial charge < -0.3 is 4.90 Å². The first-order chi connectivity index (χ1) is 17.0. The van der Waals surface area contributed by atoms with E-state index in [1.54, 1.807) is 12.4 Å². The van der Waals surface area contributed by atoms with Crippen LogP contribution in [0.25, 0.3) is 22.2 Å². The van der Waals surface area contributed by atoms with Crippen molar-refractivity contribution in [1.82, 2.24) is 15.0 Å². The summed E-state index contributed by atoms with van der Waals surface area (Å²) in [6, 6.07) is 22.7. The van der Waals surface area contributed by atoms with Gasteiger partial charge in [-0.05, 0) is 47.5 Å². The summed E-state index contributed by atoms with van der Waals surface area (Å²) in [6.07, 6.45) is 2.78. The number of rotatable bonds is 6. The van der Waals surface area contributed by atoms with E-state index in [1.165, 1.54) is 12.1 Å². The maximum atomic E-state index is 13.0. The molecule has 0 saturated carbocycles. The van der Waals surface area contributed by atoms with Crippen LogP contribution in [0.1, 0.15) is 16.7 Å². The van der Waals surface area contributed by atoms with Crippen LogP contribution in [-0.4, -0.2) is 15.0 Å². The first-order valence-corrected chi connectivity index (χ1v) is 11.1. The molecule has 2 aromatic carbocycles. The van der Waals surface area contributed by atoms with E-state index < -0.39 is 11.7 Å². The molecule has 0 atom stereocenters. The number of halogens is 3. The predicted molar refractivity (Wildman–Crippen MR) is 131 cm³/mol. The third kappa shape index (κ3) is 5.14. The highest BCUT2D eigenvalue weighted by Crippen LogP contribution is 2.33. The molecule has 35 heavy (non-hydrogen) atoms. The SMILES string of the molecule is FC(F)(F)c1ccc(-c2ccc3cccc(N(Cc4cccnc4)Cc4cccnc4)c3n2)cc1. The van der Waals surface area contributed by atoms with Gasteiger partial charge in [-0.25, -0.2) is 4.98 Å². The molecule has 174 valence electrons. The van der Waals surface area contributed by atoms with Gasteiger partial charge in [0.25, 0.3) is 0 Å². The average molecular weight is 470 g/mol. The lowest BCUT2D eigenvalue weighted by Gasteiger charge is -2.26. The number of hydrogen-bond donors (Lipinski definition) is 0. The zero-order chi connectivity index (χ0) is 24.3. The molecule has 0 aliphatic rings. The van der Waals surface area contributed by atoms with Crippen LogP contribution in [0.5, 0.6) is 0 Å². The van der Waals surface area contributed by atoms with Crippen LogP contribution >= 0.6 is 0 Å². The van der Waals surface area contributed by atoms with Crippen molar-refractivity contribution in [2.45, 2.75) is 19.3 Å². The van der Waals surface area contributed by atoms with Gasteiger partial charge >= 0.3 is 6.18 Å². The molecule has 0 saturated heterocycles. The van der Waals surface area contributed by atoms with E-state index >= 15 is 0 Å². The van der Waals surface area contributed by atoms with E-state index in [2.05, 4.69) is 14.9 Å². The number of benzene rings is 2. The summed E-state index contributed by atoms with van der Waals surface area (Å²) in [5, 5.41) is 0.945. The van der Waals surface area contributed by atoms with Crippen LogP contribution in [0.3, 0.4) is 0 Å². The Balaban J connectivity index is 1.57. The second-order valence-corrected chi connectivity index (χ2v) is 8.20. The van der Waals surface area contributed by atoms with Crippen molar-refractivity contribution in [3.05, 3.63) is 120 Å². The maximum absolute atomic E-state index is 13.0. The highest BCUT2D eigenvalue weighted by Gasteiger charge is 2.30. The Bertz CT molecular complexity index is 1380. The van der Waals surface area contributed by atoms with Gasteiger partial charge in [0.2, 0.25) is 0 Å². The van der Waals surface area contributed by atoms with Crippen LogP contribution in [0.4, 0.5) is 18.9 Å². The molecular weight excluding hydrogens is 449 g/mol. The van der Waals surface area contributed by atoms with Crippen molar-refractivity contribution in [1.29, 1.82) is 0 Å². The third-order valence-electron chi connectivity index (χ3n) is 5.74. The molecule has 0 fully saturated rings. The summed E-state index contributed by atoms with van der Waals surface area (Å²) in [6.45, 7) is 1.21. The van der Waals surface area contributed by atoms with Gasteiger partial charge in [0.15, 0.2) is 0 Å². The van der Waals surface area contributed by atoms with Crippen molar-refractivity contribution in [3.8, 4) is 11.3 Å². The van der Waals surface area contributed by atoms with Gasteiger partial charge in [-0.15, -0.1) is 0 Å². The van der Waals surface area contributed by atoms with Crippen molar-refractivity contribution in [3.63, 3.8) is 0 Å². The number of pyridine rings is 3. The Morgan fingerprint density at radius 3 is 1.91 bits per heavy atom. The molecule has 0 N–H and O–H groups in total. The molecule has 0 amide bonds. The zero-order valence-corrected chi connectivity index (χ0v) is 18.7. The van der Waals surface area contributed by atoms with Gasteiger partial charge in [0.1, 0.15) is 0 Å². The second-order valence-electron chi connectivity index (χ2n) is 8.20. The summed E-state index contributed by atoms with van der Waals surface area (Å²) in [7, 11) is 0. The number of para-hydroxylation sites is 1. The molecule has 7 heteroatoms. The van der Waals surface area contributed by atoms with Crippen LogP contribution in [0, 0.1) is 0 Å². The minimum atomic E-state index is -4.37. The van der Waals surface area contributed by atoms with Gasteiger partial charge in [-0.2, -0.15) is 13.2 Å². The smallest absolute Gasteiger partial charge is 0.361 e. The summed E-state index contributed by atoms with van der Waals surface area (Å²) >= 11 is 0. The molecular formula is C28H21F3N4. The number of hydrogen-bond acceptors (Lipinski definition) is 4. The van der Waals surface area contributed by atoms with E-state index in [9.17, 15) is 13.2 Å². The lowest BCUT2D eigenvalue weighted by molar-refractivity contribution is -0.137. The predicted octanol–water partition coefficient (Wildman–Crippen LogP) is 6.92. The first-order valence-electron chi connectivity index (χ1n) is 11.1. The monoisotopic (exact) mass is 470 g/mol. The molecule has 3 heterocycles. The number of fused-ring (bicyclic) bond motifs is 1. The van der Waals surface area contributed by atoms with Gasteiger partial charge in [-0.3, -0.25) is 9.97 Å².